The molecule has 1 aliphatic carbocycles. The summed E-state index contributed by atoms with van der Waals surface area (Å²) in [6, 6.07) is 3.74. The summed E-state index contributed by atoms with van der Waals surface area (Å²) in [5.41, 5.74) is 0. The molecule has 0 saturated heterocycles. The van der Waals surface area contributed by atoms with Crippen LogP contribution in [0.2, 0.25) is 0 Å². The van der Waals surface area contributed by atoms with Crippen LogP contribution in [-0.4, -0.2) is 41.4 Å². The summed E-state index contributed by atoms with van der Waals surface area (Å²) in [5, 5.41) is 9.22. The minimum atomic E-state index is -0.869. The number of hydrogen-bond donors (Lipinski definition) is 1. The Labute approximate surface area is 127 Å². The monoisotopic (exact) mass is 315 g/mol. The minimum Gasteiger partial charge on any atom is -0.393 e. The molecule has 0 atom stereocenters. The second-order valence-corrected chi connectivity index (χ2v) is 6.61. The molecule has 1 amide bonds. The molecule has 1 aromatic rings. The first-order valence-corrected chi connectivity index (χ1v) is 7.94. The number of amides is 1. The third kappa shape index (κ3) is 4.68. The lowest BCUT2D eigenvalue weighted by Gasteiger charge is -2.34. The lowest BCUT2D eigenvalue weighted by Crippen LogP contribution is -2.39. The van der Waals surface area contributed by atoms with Crippen LogP contribution in [0.15, 0.2) is 23.1 Å². The van der Waals surface area contributed by atoms with Gasteiger partial charge in [0.15, 0.2) is 11.6 Å². The van der Waals surface area contributed by atoms with Gasteiger partial charge in [-0.05, 0) is 37.0 Å². The van der Waals surface area contributed by atoms with Gasteiger partial charge in [0, 0.05) is 30.7 Å². The van der Waals surface area contributed by atoms with Gasteiger partial charge in [-0.1, -0.05) is 0 Å². The first-order valence-electron chi connectivity index (χ1n) is 6.95. The second kappa shape index (κ2) is 7.22. The molecular weight excluding hydrogens is 296 g/mol. The first kappa shape index (κ1) is 16.2. The number of rotatable bonds is 6. The van der Waals surface area contributed by atoms with E-state index in [-0.39, 0.29) is 12.0 Å². The van der Waals surface area contributed by atoms with Crippen molar-refractivity contribution >= 4 is 17.7 Å². The number of aliphatic hydroxyl groups is 1. The van der Waals surface area contributed by atoms with E-state index in [4.69, 9.17) is 0 Å². The Balaban J connectivity index is 1.69. The zero-order valence-electron chi connectivity index (χ0n) is 11.9. The summed E-state index contributed by atoms with van der Waals surface area (Å²) < 4.78 is 25.8. The van der Waals surface area contributed by atoms with E-state index in [0.717, 1.165) is 25.0 Å². The predicted molar refractivity (Wildman–Crippen MR) is 78.1 cm³/mol. The van der Waals surface area contributed by atoms with Gasteiger partial charge in [-0.3, -0.25) is 4.79 Å². The number of carbonyl (C=O) groups is 1. The highest BCUT2D eigenvalue weighted by molar-refractivity contribution is 7.99. The Morgan fingerprint density at radius 3 is 2.71 bits per heavy atom. The fraction of sp³-hybridized carbons (Fsp3) is 0.533. The van der Waals surface area contributed by atoms with Crippen molar-refractivity contribution in [1.82, 2.24) is 4.90 Å². The molecule has 0 bridgehead atoms. The van der Waals surface area contributed by atoms with E-state index >= 15 is 0 Å². The molecule has 1 aliphatic rings. The molecular formula is C15H19F2NO2S. The van der Waals surface area contributed by atoms with Gasteiger partial charge in [0.25, 0.3) is 0 Å². The van der Waals surface area contributed by atoms with Gasteiger partial charge < -0.3 is 10.0 Å². The Hall–Kier alpha value is -1.14. The number of halogens is 2. The average molecular weight is 315 g/mol. The second-order valence-electron chi connectivity index (χ2n) is 5.44. The summed E-state index contributed by atoms with van der Waals surface area (Å²) in [7, 11) is 1.76. The SMILES string of the molecule is CN(CC1CC(O)C1)C(=O)CCSc1ccc(F)c(F)c1. The molecule has 21 heavy (non-hydrogen) atoms. The zero-order chi connectivity index (χ0) is 15.4. The Morgan fingerprint density at radius 1 is 1.38 bits per heavy atom. The molecule has 0 heterocycles. The molecule has 6 heteroatoms. The molecule has 0 spiro atoms. The summed E-state index contributed by atoms with van der Waals surface area (Å²) in [6.07, 6.45) is 1.68. The molecule has 0 radical (unpaired) electrons. The van der Waals surface area contributed by atoms with Gasteiger partial charge in [-0.25, -0.2) is 8.78 Å². The van der Waals surface area contributed by atoms with Gasteiger partial charge in [0.2, 0.25) is 5.91 Å². The quantitative estimate of drug-likeness (QED) is 0.821. The van der Waals surface area contributed by atoms with Gasteiger partial charge in [-0.15, -0.1) is 11.8 Å². The summed E-state index contributed by atoms with van der Waals surface area (Å²) in [6.45, 7) is 0.672. The van der Waals surface area contributed by atoms with Crippen molar-refractivity contribution in [2.75, 3.05) is 19.3 Å². The molecule has 2 rings (SSSR count). The van der Waals surface area contributed by atoms with Crippen molar-refractivity contribution in [3.05, 3.63) is 29.8 Å². The largest absolute Gasteiger partial charge is 0.393 e. The predicted octanol–water partition coefficient (Wildman–Crippen LogP) is 2.68. The summed E-state index contributed by atoms with van der Waals surface area (Å²) in [5.74, 6) is -0.772. The number of carbonyl (C=O) groups excluding carboxylic acids is 1. The van der Waals surface area contributed by atoms with E-state index in [0.29, 0.717) is 29.5 Å². The van der Waals surface area contributed by atoms with E-state index in [1.165, 1.54) is 17.8 Å². The fourth-order valence-corrected chi connectivity index (χ4v) is 3.22. The van der Waals surface area contributed by atoms with E-state index in [1.54, 1.807) is 11.9 Å². The van der Waals surface area contributed by atoms with Crippen LogP contribution in [0.25, 0.3) is 0 Å². The van der Waals surface area contributed by atoms with Crippen LogP contribution in [0.3, 0.4) is 0 Å². The highest BCUT2D eigenvalue weighted by Crippen LogP contribution is 2.28. The molecule has 0 aromatic heterocycles. The standard InChI is InChI=1S/C15H19F2NO2S/c1-18(9-10-6-11(19)7-10)15(20)4-5-21-12-2-3-13(16)14(17)8-12/h2-3,8,10-11,19H,4-7,9H2,1H3. The maximum absolute atomic E-state index is 13.0. The van der Waals surface area contributed by atoms with Crippen molar-refractivity contribution < 1.29 is 18.7 Å². The number of nitrogens with zero attached hydrogens (tertiary/aromatic N) is 1. The van der Waals surface area contributed by atoms with Crippen LogP contribution in [0.5, 0.6) is 0 Å². The smallest absolute Gasteiger partial charge is 0.223 e. The summed E-state index contributed by atoms with van der Waals surface area (Å²) in [4.78, 5) is 14.2. The average Bonchev–Trinajstić information content (AvgIpc) is 2.40. The molecule has 1 saturated carbocycles. The highest BCUT2D eigenvalue weighted by Gasteiger charge is 2.28. The van der Waals surface area contributed by atoms with Gasteiger partial charge in [0.05, 0.1) is 6.10 Å². The van der Waals surface area contributed by atoms with E-state index in [1.807, 2.05) is 0 Å². The molecule has 1 fully saturated rings. The van der Waals surface area contributed by atoms with Crippen molar-refractivity contribution in [3.8, 4) is 0 Å². The van der Waals surface area contributed by atoms with Crippen LogP contribution in [-0.2, 0) is 4.79 Å². The van der Waals surface area contributed by atoms with Crippen LogP contribution in [0, 0.1) is 17.6 Å². The Bertz CT molecular complexity index is 506. The fourth-order valence-electron chi connectivity index (χ4n) is 2.35. The van der Waals surface area contributed by atoms with Gasteiger partial charge in [0.1, 0.15) is 0 Å². The third-order valence-corrected chi connectivity index (χ3v) is 4.64. The summed E-state index contributed by atoms with van der Waals surface area (Å²) >= 11 is 1.33. The van der Waals surface area contributed by atoms with Crippen molar-refractivity contribution in [2.45, 2.75) is 30.3 Å². The van der Waals surface area contributed by atoms with Crippen LogP contribution >= 0.6 is 11.8 Å². The topological polar surface area (TPSA) is 40.5 Å². The maximum Gasteiger partial charge on any atom is 0.223 e. The highest BCUT2D eigenvalue weighted by atomic mass is 32.2. The Kier molecular flexibility index (Phi) is 5.58. The molecule has 1 aromatic carbocycles. The zero-order valence-corrected chi connectivity index (χ0v) is 12.7. The van der Waals surface area contributed by atoms with Crippen molar-refractivity contribution in [3.63, 3.8) is 0 Å². The van der Waals surface area contributed by atoms with Crippen LogP contribution < -0.4 is 0 Å². The number of thioether (sulfide) groups is 1. The van der Waals surface area contributed by atoms with Gasteiger partial charge in [-0.2, -0.15) is 0 Å². The van der Waals surface area contributed by atoms with Crippen molar-refractivity contribution in [2.24, 2.45) is 5.92 Å². The van der Waals surface area contributed by atoms with E-state index in [9.17, 15) is 18.7 Å². The van der Waals surface area contributed by atoms with Crippen LogP contribution in [0.4, 0.5) is 8.78 Å². The molecule has 0 aliphatic heterocycles. The van der Waals surface area contributed by atoms with Crippen LogP contribution in [0.1, 0.15) is 19.3 Å². The molecule has 116 valence electrons. The third-order valence-electron chi connectivity index (χ3n) is 3.64. The number of benzene rings is 1. The lowest BCUT2D eigenvalue weighted by molar-refractivity contribution is -0.131. The Morgan fingerprint density at radius 2 is 2.10 bits per heavy atom. The molecule has 3 nitrogen and oxygen atoms in total. The number of hydrogen-bond acceptors (Lipinski definition) is 3. The van der Waals surface area contributed by atoms with E-state index in [2.05, 4.69) is 0 Å². The minimum absolute atomic E-state index is 0.0338. The first-order chi connectivity index (χ1) is 9.95. The lowest BCUT2D eigenvalue weighted by atomic mass is 9.82. The van der Waals surface area contributed by atoms with Gasteiger partial charge >= 0.3 is 0 Å². The normalized spacial score (nSPS) is 21.0. The molecule has 1 N–H and O–H groups in total. The number of aliphatic hydroxyl groups excluding tert-OH is 1. The van der Waals surface area contributed by atoms with Crippen molar-refractivity contribution in [1.29, 1.82) is 0 Å². The van der Waals surface area contributed by atoms with E-state index < -0.39 is 11.6 Å². The molecule has 0 unspecified atom stereocenters. The maximum atomic E-state index is 13.0.